The third-order valence-corrected chi connectivity index (χ3v) is 5.77. The third-order valence-electron chi connectivity index (χ3n) is 5.77. The molecule has 0 unspecified atom stereocenters. The van der Waals surface area contributed by atoms with Crippen LogP contribution in [0.1, 0.15) is 21.5 Å². The number of benzene rings is 2. The van der Waals surface area contributed by atoms with E-state index in [-0.39, 0.29) is 12.5 Å². The number of carbonyl (C=O) groups is 3. The lowest BCUT2D eigenvalue weighted by Crippen LogP contribution is -2.52. The molecule has 2 aromatic carbocycles. The van der Waals surface area contributed by atoms with Gasteiger partial charge in [0.15, 0.2) is 5.54 Å². The molecule has 0 aliphatic carbocycles. The molecule has 3 aromatic rings. The molecule has 2 aliphatic rings. The molecule has 0 bridgehead atoms. The third kappa shape index (κ3) is 3.63. The average Bonchev–Trinajstić information content (AvgIpc) is 3.29. The highest BCUT2D eigenvalue weighted by molar-refractivity contribution is 6.08. The lowest BCUT2D eigenvalue weighted by Gasteiger charge is -2.31. The number of amides is 4. The van der Waals surface area contributed by atoms with Crippen LogP contribution in [0.5, 0.6) is 17.4 Å². The summed E-state index contributed by atoms with van der Waals surface area (Å²) in [7, 11) is 1.54. The Balaban J connectivity index is 1.43. The van der Waals surface area contributed by atoms with Crippen molar-refractivity contribution in [2.24, 2.45) is 0 Å². The van der Waals surface area contributed by atoms with Gasteiger partial charge in [-0.25, -0.2) is 9.78 Å². The Bertz CT molecular complexity index is 1250. The normalized spacial score (nSPS) is 19.2. The van der Waals surface area contributed by atoms with Crippen molar-refractivity contribution < 1.29 is 23.9 Å². The Hall–Kier alpha value is -4.40. The maximum absolute atomic E-state index is 13.1. The summed E-state index contributed by atoms with van der Waals surface area (Å²) >= 11 is 0. The molecule has 0 saturated carbocycles. The molecule has 0 spiro atoms. The molecule has 1 aromatic heterocycles. The van der Waals surface area contributed by atoms with Crippen LogP contribution in [0.4, 0.5) is 4.79 Å². The Morgan fingerprint density at radius 2 is 1.82 bits per heavy atom. The molecule has 1 atom stereocenters. The highest BCUT2D eigenvalue weighted by Gasteiger charge is 2.50. The topological polar surface area (TPSA) is 110 Å². The van der Waals surface area contributed by atoms with Crippen LogP contribution in [0.3, 0.4) is 0 Å². The van der Waals surface area contributed by atoms with Crippen molar-refractivity contribution in [3.8, 4) is 17.4 Å². The monoisotopic (exact) mass is 444 g/mol. The zero-order chi connectivity index (χ0) is 23.0. The minimum atomic E-state index is -1.43. The van der Waals surface area contributed by atoms with Gasteiger partial charge in [-0.15, -0.1) is 0 Å². The number of fused-ring (bicyclic) bond motifs is 1. The van der Waals surface area contributed by atoms with E-state index in [0.717, 1.165) is 5.56 Å². The van der Waals surface area contributed by atoms with E-state index < -0.39 is 17.5 Å². The van der Waals surface area contributed by atoms with E-state index in [1.165, 1.54) is 7.11 Å². The molecule has 5 rings (SSSR count). The molecule has 1 saturated heterocycles. The van der Waals surface area contributed by atoms with E-state index in [4.69, 9.17) is 9.47 Å². The summed E-state index contributed by atoms with van der Waals surface area (Å²) in [6.07, 6.45) is 1.62. The Kier molecular flexibility index (Phi) is 4.93. The lowest BCUT2D eigenvalue weighted by atomic mass is 9.89. The molecule has 2 aliphatic heterocycles. The van der Waals surface area contributed by atoms with Crippen molar-refractivity contribution >= 4 is 17.8 Å². The molecule has 3 heterocycles. The number of pyridine rings is 1. The molecule has 9 heteroatoms. The summed E-state index contributed by atoms with van der Waals surface area (Å²) in [6, 6.07) is 16.8. The molecule has 9 nitrogen and oxygen atoms in total. The van der Waals surface area contributed by atoms with Crippen LogP contribution in [0.15, 0.2) is 66.9 Å². The zero-order valence-electron chi connectivity index (χ0n) is 17.7. The highest BCUT2D eigenvalue weighted by Crippen LogP contribution is 2.33. The van der Waals surface area contributed by atoms with E-state index in [2.05, 4.69) is 15.6 Å². The number of ether oxygens (including phenoxy) is 2. The fourth-order valence-electron chi connectivity index (χ4n) is 4.11. The number of urea groups is 1. The maximum Gasteiger partial charge on any atom is 0.322 e. The van der Waals surface area contributed by atoms with Crippen molar-refractivity contribution in [1.29, 1.82) is 0 Å². The summed E-state index contributed by atoms with van der Waals surface area (Å²) in [5, 5.41) is 5.03. The number of methoxy groups -OCH3 is 1. The summed E-state index contributed by atoms with van der Waals surface area (Å²) in [5.41, 5.74) is 0.455. The van der Waals surface area contributed by atoms with Crippen LogP contribution in [0.25, 0.3) is 0 Å². The second-order valence-corrected chi connectivity index (χ2v) is 7.79. The van der Waals surface area contributed by atoms with Gasteiger partial charge in [-0.05, 0) is 41.5 Å². The van der Waals surface area contributed by atoms with Crippen LogP contribution in [-0.4, -0.2) is 41.4 Å². The van der Waals surface area contributed by atoms with Crippen molar-refractivity contribution in [2.75, 3.05) is 13.7 Å². The Morgan fingerprint density at radius 1 is 1.03 bits per heavy atom. The van der Waals surface area contributed by atoms with E-state index in [9.17, 15) is 14.4 Å². The number of carbonyl (C=O) groups excluding carboxylic acids is 3. The molecule has 2 N–H and O–H groups in total. The van der Waals surface area contributed by atoms with Gasteiger partial charge in [0, 0.05) is 24.4 Å². The average molecular weight is 444 g/mol. The van der Waals surface area contributed by atoms with Crippen LogP contribution in [-0.2, 0) is 16.9 Å². The fourth-order valence-corrected chi connectivity index (χ4v) is 4.11. The smallest absolute Gasteiger partial charge is 0.322 e. The summed E-state index contributed by atoms with van der Waals surface area (Å²) in [6.45, 7) is 0.296. The van der Waals surface area contributed by atoms with Crippen molar-refractivity contribution in [2.45, 2.75) is 12.1 Å². The van der Waals surface area contributed by atoms with Gasteiger partial charge in [0.05, 0.1) is 13.7 Å². The maximum atomic E-state index is 13.1. The van der Waals surface area contributed by atoms with Gasteiger partial charge in [0.2, 0.25) is 5.88 Å². The lowest BCUT2D eigenvalue weighted by molar-refractivity contribution is -0.124. The van der Waals surface area contributed by atoms with E-state index in [1.807, 2.05) is 12.1 Å². The summed E-state index contributed by atoms with van der Waals surface area (Å²) in [5.74, 6) is 0.783. The van der Waals surface area contributed by atoms with Gasteiger partial charge in [-0.3, -0.25) is 14.9 Å². The largest absolute Gasteiger partial charge is 0.497 e. The van der Waals surface area contributed by atoms with Crippen molar-refractivity contribution in [3.63, 3.8) is 0 Å². The van der Waals surface area contributed by atoms with E-state index in [0.29, 0.717) is 35.1 Å². The first-order chi connectivity index (χ1) is 16.0. The van der Waals surface area contributed by atoms with E-state index in [1.54, 1.807) is 59.6 Å². The predicted molar refractivity (Wildman–Crippen MR) is 117 cm³/mol. The van der Waals surface area contributed by atoms with Gasteiger partial charge in [-0.2, -0.15) is 0 Å². The predicted octanol–water partition coefficient (Wildman–Crippen LogP) is 2.57. The minimum Gasteiger partial charge on any atom is -0.497 e. The number of nitrogens with zero attached hydrogens (tertiary/aromatic N) is 2. The number of imide groups is 1. The molecule has 4 amide bonds. The first kappa shape index (κ1) is 20.5. The minimum absolute atomic E-state index is 0.0269. The first-order valence-electron chi connectivity index (χ1n) is 10.3. The van der Waals surface area contributed by atoms with Gasteiger partial charge >= 0.3 is 6.03 Å². The van der Waals surface area contributed by atoms with E-state index >= 15 is 0 Å². The number of aromatic nitrogens is 1. The SMILES string of the molecule is COc1ccc2c(c1)C(=O)N(C[C@@]1(c3ccc(Oc4ccccn4)cc3)NC(=O)NC1=O)C2. The second-order valence-electron chi connectivity index (χ2n) is 7.79. The van der Waals surface area contributed by atoms with Gasteiger partial charge in [0.1, 0.15) is 11.5 Å². The highest BCUT2D eigenvalue weighted by atomic mass is 16.5. The van der Waals surface area contributed by atoms with Crippen LogP contribution in [0, 0.1) is 0 Å². The number of hydrogen-bond donors (Lipinski definition) is 2. The van der Waals surface area contributed by atoms with Crippen LogP contribution >= 0.6 is 0 Å². The number of hydrogen-bond acceptors (Lipinski definition) is 6. The number of rotatable bonds is 6. The van der Waals surface area contributed by atoms with Crippen LogP contribution in [0.2, 0.25) is 0 Å². The van der Waals surface area contributed by atoms with Gasteiger partial charge < -0.3 is 19.7 Å². The van der Waals surface area contributed by atoms with Crippen LogP contribution < -0.4 is 20.1 Å². The Morgan fingerprint density at radius 3 is 2.48 bits per heavy atom. The van der Waals surface area contributed by atoms with Gasteiger partial charge in [-0.1, -0.05) is 24.3 Å². The molecular formula is C24H20N4O5. The molecular weight excluding hydrogens is 424 g/mol. The number of nitrogens with one attached hydrogen (secondary N) is 2. The fraction of sp³-hybridized carbons (Fsp3) is 0.167. The quantitative estimate of drug-likeness (QED) is 0.566. The Labute approximate surface area is 189 Å². The standard InChI is InChI=1S/C24H20N4O5/c1-32-18-8-5-15-13-28(21(29)19(15)12-18)14-24(22(30)26-23(31)27-24)16-6-9-17(10-7-16)33-20-4-2-3-11-25-20/h2-12H,13-14H2,1H3,(H2,26,27,30,31)/t24-/m0/s1. The van der Waals surface area contributed by atoms with Gasteiger partial charge in [0.25, 0.3) is 11.8 Å². The zero-order valence-corrected chi connectivity index (χ0v) is 17.7. The summed E-state index contributed by atoms with van der Waals surface area (Å²) in [4.78, 5) is 43.8. The van der Waals surface area contributed by atoms with Crippen molar-refractivity contribution in [3.05, 3.63) is 83.6 Å². The first-order valence-corrected chi connectivity index (χ1v) is 10.3. The molecule has 1 fully saturated rings. The molecule has 33 heavy (non-hydrogen) atoms. The summed E-state index contributed by atoms with van der Waals surface area (Å²) < 4.78 is 10.9. The molecule has 0 radical (unpaired) electrons. The second kappa shape index (κ2) is 7.94. The molecule has 166 valence electrons. The van der Waals surface area contributed by atoms with Crippen molar-refractivity contribution in [1.82, 2.24) is 20.5 Å².